The highest BCUT2D eigenvalue weighted by atomic mass is 28.4. The third-order valence-corrected chi connectivity index (χ3v) is 20.5. The monoisotopic (exact) mass is 1190 g/mol. The molecule has 0 fully saturated rings. The predicted octanol–water partition coefficient (Wildman–Crippen LogP) is 15.9. The first-order valence-corrected chi connectivity index (χ1v) is 33.9. The zero-order valence-electron chi connectivity index (χ0n) is 51.8. The van der Waals surface area contributed by atoms with Gasteiger partial charge in [-0.25, -0.2) is 20.0 Å². The molecule has 15 heteroatoms. The van der Waals surface area contributed by atoms with Gasteiger partial charge in [-0.15, -0.1) is 0 Å². The Kier molecular flexibility index (Phi) is 16.8. The summed E-state index contributed by atoms with van der Waals surface area (Å²) in [5.74, 6) is 5.17. The van der Waals surface area contributed by atoms with E-state index in [4.69, 9.17) is 60.1 Å². The standard InChI is InChI=1S/C73H80N8O6Si/c1-8-14-36-82-63-51-32-24-21-29-48(51)43-56-59(63)67(74)75-68(56)77-73-62-58(45-50-31-23-27-35-54(50)66(62)85-39-17-11-4)71-79-70-60-57(44-49-30-22-25-33-52(49)64(60)83-37-15-9-2)69(76-70)78-72-61-55(42-47-28-20-26-34-53(47)65(61)84-38-16-10-3)46(7)80(72)88(81(71)73,86-40-18-12-5)87-41-19-13-6/h20-35,42-45,69H,7-19,36-41H2,1-6H3,(H,76,79)(H2,74,75,77)/b78-72+. The Balaban J connectivity index is 1.27. The number of ether oxygens (including phenoxy) is 4. The molecule has 2 bridgehead atoms. The maximum Gasteiger partial charge on any atom is 0.602 e. The molecule has 5 heterocycles. The summed E-state index contributed by atoms with van der Waals surface area (Å²) in [6, 6.07) is 42.5. The van der Waals surface area contributed by atoms with Crippen LogP contribution < -0.4 is 40.8 Å². The molecule has 0 saturated heterocycles. The second kappa shape index (κ2) is 25.3. The molecule has 10 aromatic rings. The summed E-state index contributed by atoms with van der Waals surface area (Å²) >= 11 is 0. The van der Waals surface area contributed by atoms with E-state index in [2.05, 4.69) is 165 Å². The Labute approximate surface area is 515 Å². The number of rotatable bonds is 25. The van der Waals surface area contributed by atoms with Gasteiger partial charge in [-0.2, -0.15) is 0 Å². The lowest BCUT2D eigenvalue weighted by Crippen LogP contribution is -2.63. The van der Waals surface area contributed by atoms with Crippen molar-refractivity contribution in [1.82, 2.24) is 13.8 Å². The van der Waals surface area contributed by atoms with E-state index in [0.717, 1.165) is 170 Å². The van der Waals surface area contributed by atoms with Crippen molar-refractivity contribution in [1.29, 1.82) is 0 Å². The summed E-state index contributed by atoms with van der Waals surface area (Å²) in [4.78, 5) is 23.4. The van der Waals surface area contributed by atoms with Crippen LogP contribution in [-0.4, -0.2) is 74.5 Å². The molecule has 3 aliphatic heterocycles. The lowest BCUT2D eigenvalue weighted by molar-refractivity contribution is 0.144. The largest absolute Gasteiger partial charge is 0.602 e. The fourth-order valence-electron chi connectivity index (χ4n) is 12.7. The van der Waals surface area contributed by atoms with Crippen molar-refractivity contribution in [2.45, 2.75) is 125 Å². The highest BCUT2D eigenvalue weighted by Crippen LogP contribution is 2.51. The van der Waals surface area contributed by atoms with Crippen LogP contribution in [0.2, 0.25) is 0 Å². The van der Waals surface area contributed by atoms with Crippen molar-refractivity contribution in [3.63, 3.8) is 0 Å². The molecular weight excluding hydrogens is 1110 g/mol. The van der Waals surface area contributed by atoms with Gasteiger partial charge in [0.1, 0.15) is 58.0 Å². The Morgan fingerprint density at radius 1 is 0.511 bits per heavy atom. The highest BCUT2D eigenvalue weighted by molar-refractivity contribution is 6.66. The molecule has 88 heavy (non-hydrogen) atoms. The van der Waals surface area contributed by atoms with Gasteiger partial charge in [0, 0.05) is 62.0 Å². The van der Waals surface area contributed by atoms with Gasteiger partial charge in [-0.05, 0) is 84.3 Å². The minimum absolute atomic E-state index is 0.316. The number of aliphatic imine (C=N–C) groups is 3. The number of hydrogen-bond donors (Lipinski definition) is 2. The summed E-state index contributed by atoms with van der Waals surface area (Å²) in [7, 11) is -4.56. The number of fused-ring (bicyclic) bond motifs is 16. The number of unbranched alkanes of at least 4 members (excludes halogenated alkanes) is 6. The van der Waals surface area contributed by atoms with Crippen molar-refractivity contribution >= 4 is 109 Å². The van der Waals surface area contributed by atoms with E-state index in [9.17, 15) is 0 Å². The molecule has 1 unspecified atom stereocenters. The molecule has 14 nitrogen and oxygen atoms in total. The first-order chi connectivity index (χ1) is 43.3. The second-order valence-electron chi connectivity index (χ2n) is 23.4. The van der Waals surface area contributed by atoms with Crippen LogP contribution >= 0.6 is 0 Å². The SMILES string of the molecule is C=c1c2cc3ccccc3c(OCCCC)c2/c2n1[Si](OCCCC)(OCCCC)n1c(c3cc4ccccc4c(OCCCC)c3c1/N=C1\N=C(N)c3c1cc1ccccc1c3OCCCC)/N=C1\NC(/N=2)c2cc3ccccc3c(OCCCC)c21. The van der Waals surface area contributed by atoms with Crippen molar-refractivity contribution in [2.75, 3.05) is 39.6 Å². The van der Waals surface area contributed by atoms with E-state index in [-0.39, 0.29) is 0 Å². The van der Waals surface area contributed by atoms with Crippen molar-refractivity contribution in [3.8, 4) is 23.0 Å². The molecule has 1 atom stereocenters. The molecule has 452 valence electrons. The number of amidine groups is 3. The van der Waals surface area contributed by atoms with Crippen molar-refractivity contribution in [2.24, 2.45) is 25.7 Å². The smallest absolute Gasteiger partial charge is 0.492 e. The number of benzene rings is 8. The van der Waals surface area contributed by atoms with Crippen LogP contribution in [-0.2, 0) is 8.85 Å². The molecule has 2 aromatic heterocycles. The third kappa shape index (κ3) is 10.1. The Morgan fingerprint density at radius 2 is 0.966 bits per heavy atom. The Hall–Kier alpha value is -8.50. The fourth-order valence-corrected chi connectivity index (χ4v) is 16.1. The van der Waals surface area contributed by atoms with Crippen LogP contribution in [0.4, 0.5) is 11.6 Å². The summed E-state index contributed by atoms with van der Waals surface area (Å²) in [6.45, 7) is 20.9. The topological polar surface area (TPSA) is 153 Å². The van der Waals surface area contributed by atoms with Crippen LogP contribution in [0.3, 0.4) is 0 Å². The number of aromatic nitrogens is 2. The Bertz CT molecular complexity index is 4530. The van der Waals surface area contributed by atoms with Crippen LogP contribution in [0.25, 0.3) is 71.2 Å². The minimum atomic E-state index is -4.56. The molecular formula is C73H80N8O6Si. The quantitative estimate of drug-likeness (QED) is 0.0424. The average Bonchev–Trinajstić information content (AvgIpc) is 1.55. The van der Waals surface area contributed by atoms with E-state index in [1.807, 2.05) is 12.1 Å². The van der Waals surface area contributed by atoms with Gasteiger partial charge in [-0.3, -0.25) is 8.47 Å². The van der Waals surface area contributed by atoms with Crippen molar-refractivity contribution < 1.29 is 27.8 Å². The molecule has 0 amide bonds. The molecule has 3 N–H and O–H groups in total. The van der Waals surface area contributed by atoms with Gasteiger partial charge in [0.05, 0.1) is 48.3 Å². The van der Waals surface area contributed by atoms with Gasteiger partial charge >= 0.3 is 8.88 Å². The number of nitrogens with zero attached hydrogens (tertiary/aromatic N) is 6. The average molecular weight is 1190 g/mol. The number of hydrogen-bond acceptors (Lipinski definition) is 11. The molecule has 13 rings (SSSR count). The normalized spacial score (nSPS) is 16.3. The second-order valence-corrected chi connectivity index (χ2v) is 25.9. The maximum absolute atomic E-state index is 8.00. The highest BCUT2D eigenvalue weighted by Gasteiger charge is 2.53. The lowest BCUT2D eigenvalue weighted by Gasteiger charge is -2.34. The Morgan fingerprint density at radius 3 is 1.51 bits per heavy atom. The number of nitrogens with one attached hydrogen (secondary N) is 1. The number of nitrogens with two attached hydrogens (primary N) is 1. The first-order valence-electron chi connectivity index (χ1n) is 32.2. The molecule has 0 spiro atoms. The van der Waals surface area contributed by atoms with Crippen LogP contribution in [0.15, 0.2) is 141 Å². The van der Waals surface area contributed by atoms with Crippen LogP contribution in [0.1, 0.15) is 147 Å². The summed E-state index contributed by atoms with van der Waals surface area (Å²) in [6.07, 6.45) is 9.76. The van der Waals surface area contributed by atoms with E-state index in [1.54, 1.807) is 0 Å². The summed E-state index contributed by atoms with van der Waals surface area (Å²) in [5.41, 5.74) is 11.1. The summed E-state index contributed by atoms with van der Waals surface area (Å²) in [5, 5.41) is 15.6. The van der Waals surface area contributed by atoms with Gasteiger partial charge in [0.25, 0.3) is 0 Å². The maximum atomic E-state index is 8.00. The van der Waals surface area contributed by atoms with Crippen LogP contribution in [0, 0.1) is 0 Å². The van der Waals surface area contributed by atoms with Gasteiger partial charge in [0.2, 0.25) is 0 Å². The van der Waals surface area contributed by atoms with E-state index < -0.39 is 15.0 Å². The predicted molar refractivity (Wildman–Crippen MR) is 362 cm³/mol. The van der Waals surface area contributed by atoms with Crippen molar-refractivity contribution in [3.05, 3.63) is 154 Å². The molecule has 0 aliphatic carbocycles. The molecule has 0 saturated carbocycles. The molecule has 3 aliphatic rings. The molecule has 8 aromatic carbocycles. The fraction of sp³-hybridized carbons (Fsp3) is 0.342. The van der Waals surface area contributed by atoms with Gasteiger partial charge < -0.3 is 38.8 Å². The van der Waals surface area contributed by atoms with Gasteiger partial charge in [-0.1, -0.05) is 184 Å². The van der Waals surface area contributed by atoms with Crippen LogP contribution in [0.5, 0.6) is 23.0 Å². The molecule has 0 radical (unpaired) electrons. The van der Waals surface area contributed by atoms with E-state index >= 15 is 0 Å². The zero-order chi connectivity index (χ0) is 60.5. The third-order valence-electron chi connectivity index (χ3n) is 17.3. The first kappa shape index (κ1) is 58.5. The zero-order valence-corrected chi connectivity index (χ0v) is 52.8. The summed E-state index contributed by atoms with van der Waals surface area (Å²) < 4.78 is 48.7. The van der Waals surface area contributed by atoms with Gasteiger partial charge in [0.15, 0.2) is 5.84 Å². The van der Waals surface area contributed by atoms with E-state index in [1.165, 1.54) is 0 Å². The minimum Gasteiger partial charge on any atom is -0.492 e. The lowest BCUT2D eigenvalue weighted by atomic mass is 9.99. The van der Waals surface area contributed by atoms with E-state index in [0.29, 0.717) is 96.7 Å².